The number of aromatic nitrogens is 4. The molecule has 6 nitrogen and oxygen atoms in total. The van der Waals surface area contributed by atoms with Gasteiger partial charge in [0.25, 0.3) is 0 Å². The van der Waals surface area contributed by atoms with E-state index in [1.54, 1.807) is 13.2 Å². The SMILES string of the molecule is CNc1nc(Nc2ccc(C)c(Br)c2)c2cn[nH]c2n1. The number of anilines is 3. The minimum absolute atomic E-state index is 0.537. The lowest BCUT2D eigenvalue weighted by molar-refractivity contribution is 1.09. The highest BCUT2D eigenvalue weighted by molar-refractivity contribution is 9.10. The van der Waals surface area contributed by atoms with Crippen LogP contribution in [0.1, 0.15) is 5.56 Å². The van der Waals surface area contributed by atoms with Crippen LogP contribution in [0.25, 0.3) is 11.0 Å². The third-order valence-corrected chi connectivity index (χ3v) is 3.82. The van der Waals surface area contributed by atoms with E-state index in [0.717, 1.165) is 15.5 Å². The van der Waals surface area contributed by atoms with E-state index in [0.29, 0.717) is 17.4 Å². The van der Waals surface area contributed by atoms with Crippen LogP contribution in [-0.4, -0.2) is 27.2 Å². The predicted octanol–water partition coefficient (Wildman–Crippen LogP) is 3.21. The number of fused-ring (bicyclic) bond motifs is 1. The molecule has 0 unspecified atom stereocenters. The Morgan fingerprint density at radius 1 is 1.25 bits per heavy atom. The molecule has 1 aromatic carbocycles. The summed E-state index contributed by atoms with van der Waals surface area (Å²) in [5.41, 5.74) is 2.83. The van der Waals surface area contributed by atoms with Crippen molar-refractivity contribution in [2.45, 2.75) is 6.92 Å². The van der Waals surface area contributed by atoms with Gasteiger partial charge in [0.2, 0.25) is 5.95 Å². The van der Waals surface area contributed by atoms with Crippen molar-refractivity contribution in [1.82, 2.24) is 20.2 Å². The molecule has 3 N–H and O–H groups in total. The fourth-order valence-electron chi connectivity index (χ4n) is 1.85. The molecule has 0 spiro atoms. The first kappa shape index (κ1) is 12.9. The third kappa shape index (κ3) is 2.32. The molecule has 0 atom stereocenters. The number of hydrogen-bond donors (Lipinski definition) is 3. The first-order valence-electron chi connectivity index (χ1n) is 6.09. The summed E-state index contributed by atoms with van der Waals surface area (Å²) >= 11 is 3.53. The van der Waals surface area contributed by atoms with Gasteiger partial charge in [-0.05, 0) is 24.6 Å². The van der Waals surface area contributed by atoms with Gasteiger partial charge < -0.3 is 10.6 Å². The Labute approximate surface area is 124 Å². The van der Waals surface area contributed by atoms with E-state index in [1.807, 2.05) is 25.1 Å². The molecule has 2 aromatic heterocycles. The Morgan fingerprint density at radius 2 is 2.10 bits per heavy atom. The zero-order chi connectivity index (χ0) is 14.1. The van der Waals surface area contributed by atoms with Crippen LogP contribution in [0.15, 0.2) is 28.9 Å². The summed E-state index contributed by atoms with van der Waals surface area (Å²) in [6.45, 7) is 2.05. The average molecular weight is 333 g/mol. The average Bonchev–Trinajstić information content (AvgIpc) is 2.91. The molecule has 0 saturated heterocycles. The summed E-state index contributed by atoms with van der Waals surface area (Å²) in [5.74, 6) is 1.25. The number of nitrogens with zero attached hydrogens (tertiary/aromatic N) is 3. The molecule has 102 valence electrons. The molecular weight excluding hydrogens is 320 g/mol. The van der Waals surface area contributed by atoms with Crippen molar-refractivity contribution in [2.75, 3.05) is 17.7 Å². The maximum atomic E-state index is 4.43. The first-order valence-corrected chi connectivity index (χ1v) is 6.88. The van der Waals surface area contributed by atoms with Crippen molar-refractivity contribution in [3.05, 3.63) is 34.4 Å². The highest BCUT2D eigenvalue weighted by Gasteiger charge is 2.09. The molecule has 0 aliphatic heterocycles. The Bertz CT molecular complexity index is 767. The van der Waals surface area contributed by atoms with Crippen LogP contribution in [0.5, 0.6) is 0 Å². The normalized spacial score (nSPS) is 10.8. The molecule has 20 heavy (non-hydrogen) atoms. The number of hydrogen-bond acceptors (Lipinski definition) is 5. The van der Waals surface area contributed by atoms with Gasteiger partial charge in [0.15, 0.2) is 5.65 Å². The molecular formula is C13H13BrN6. The van der Waals surface area contributed by atoms with Crippen LogP contribution in [0.3, 0.4) is 0 Å². The number of aromatic amines is 1. The largest absolute Gasteiger partial charge is 0.357 e. The first-order chi connectivity index (χ1) is 9.67. The van der Waals surface area contributed by atoms with Crippen molar-refractivity contribution in [2.24, 2.45) is 0 Å². The van der Waals surface area contributed by atoms with Crippen LogP contribution in [-0.2, 0) is 0 Å². The van der Waals surface area contributed by atoms with Gasteiger partial charge in [0.1, 0.15) is 5.82 Å². The minimum atomic E-state index is 0.537. The van der Waals surface area contributed by atoms with Crippen molar-refractivity contribution in [3.8, 4) is 0 Å². The minimum Gasteiger partial charge on any atom is -0.357 e. The summed E-state index contributed by atoms with van der Waals surface area (Å²) in [7, 11) is 1.78. The van der Waals surface area contributed by atoms with Crippen LogP contribution < -0.4 is 10.6 Å². The van der Waals surface area contributed by atoms with Crippen molar-refractivity contribution in [3.63, 3.8) is 0 Å². The van der Waals surface area contributed by atoms with E-state index in [2.05, 4.69) is 46.7 Å². The quantitative estimate of drug-likeness (QED) is 0.686. The molecule has 3 aromatic rings. The second kappa shape index (κ2) is 5.09. The third-order valence-electron chi connectivity index (χ3n) is 2.97. The maximum absolute atomic E-state index is 4.43. The maximum Gasteiger partial charge on any atom is 0.226 e. The zero-order valence-corrected chi connectivity index (χ0v) is 12.6. The van der Waals surface area contributed by atoms with Crippen LogP contribution >= 0.6 is 15.9 Å². The molecule has 3 rings (SSSR count). The van der Waals surface area contributed by atoms with E-state index in [-0.39, 0.29) is 0 Å². The summed E-state index contributed by atoms with van der Waals surface area (Å²) < 4.78 is 1.05. The standard InChI is InChI=1S/C13H13BrN6/c1-7-3-4-8(5-10(7)14)17-11-9-6-16-20-12(9)19-13(15-2)18-11/h3-6H,1-2H3,(H3,15,16,17,18,19,20). The Hall–Kier alpha value is -2.15. The van der Waals surface area contributed by atoms with E-state index < -0.39 is 0 Å². The van der Waals surface area contributed by atoms with E-state index in [9.17, 15) is 0 Å². The van der Waals surface area contributed by atoms with Gasteiger partial charge >= 0.3 is 0 Å². The Morgan fingerprint density at radius 3 is 2.85 bits per heavy atom. The van der Waals surface area contributed by atoms with Crippen LogP contribution in [0.4, 0.5) is 17.5 Å². The highest BCUT2D eigenvalue weighted by Crippen LogP contribution is 2.26. The number of benzene rings is 1. The van der Waals surface area contributed by atoms with Gasteiger partial charge in [0.05, 0.1) is 11.6 Å². The van der Waals surface area contributed by atoms with Gasteiger partial charge in [-0.3, -0.25) is 5.10 Å². The number of nitrogens with one attached hydrogen (secondary N) is 3. The summed E-state index contributed by atoms with van der Waals surface area (Å²) in [6, 6.07) is 6.06. The lowest BCUT2D eigenvalue weighted by Crippen LogP contribution is -2.01. The number of rotatable bonds is 3. The lowest BCUT2D eigenvalue weighted by Gasteiger charge is -2.09. The Kier molecular flexibility index (Phi) is 3.27. The molecule has 0 aliphatic rings. The zero-order valence-electron chi connectivity index (χ0n) is 11.0. The number of halogens is 1. The lowest BCUT2D eigenvalue weighted by atomic mass is 10.2. The monoisotopic (exact) mass is 332 g/mol. The topological polar surface area (TPSA) is 78.5 Å². The van der Waals surface area contributed by atoms with Crippen molar-refractivity contribution < 1.29 is 0 Å². The van der Waals surface area contributed by atoms with Gasteiger partial charge in [0, 0.05) is 17.2 Å². The summed E-state index contributed by atoms with van der Waals surface area (Å²) in [6.07, 6.45) is 1.71. The molecule has 2 heterocycles. The van der Waals surface area contributed by atoms with Gasteiger partial charge in [-0.25, -0.2) is 0 Å². The summed E-state index contributed by atoms with van der Waals surface area (Å²) in [5, 5.41) is 13.9. The van der Waals surface area contributed by atoms with E-state index >= 15 is 0 Å². The predicted molar refractivity (Wildman–Crippen MR) is 83.4 cm³/mol. The van der Waals surface area contributed by atoms with Crippen LogP contribution in [0, 0.1) is 6.92 Å². The second-order valence-electron chi connectivity index (χ2n) is 4.37. The molecule has 0 aliphatic carbocycles. The van der Waals surface area contributed by atoms with Gasteiger partial charge in [-0.15, -0.1) is 0 Å². The van der Waals surface area contributed by atoms with E-state index in [1.165, 1.54) is 5.56 Å². The number of H-pyrrole nitrogens is 1. The molecule has 7 heteroatoms. The fraction of sp³-hybridized carbons (Fsp3) is 0.154. The van der Waals surface area contributed by atoms with Crippen molar-refractivity contribution in [1.29, 1.82) is 0 Å². The summed E-state index contributed by atoms with van der Waals surface area (Å²) in [4.78, 5) is 8.73. The Balaban J connectivity index is 2.04. The molecule has 0 fully saturated rings. The van der Waals surface area contributed by atoms with Crippen molar-refractivity contribution >= 4 is 44.4 Å². The molecule has 0 saturated carbocycles. The molecule has 0 radical (unpaired) electrons. The second-order valence-corrected chi connectivity index (χ2v) is 5.22. The molecule has 0 amide bonds. The van der Waals surface area contributed by atoms with E-state index in [4.69, 9.17) is 0 Å². The van der Waals surface area contributed by atoms with Gasteiger partial charge in [-0.1, -0.05) is 22.0 Å². The van der Waals surface area contributed by atoms with Gasteiger partial charge in [-0.2, -0.15) is 15.1 Å². The highest BCUT2D eigenvalue weighted by atomic mass is 79.9. The fourth-order valence-corrected chi connectivity index (χ4v) is 2.23. The number of aryl methyl sites for hydroxylation is 1. The smallest absolute Gasteiger partial charge is 0.226 e. The molecule has 0 bridgehead atoms. The van der Waals surface area contributed by atoms with Crippen LogP contribution in [0.2, 0.25) is 0 Å².